The third kappa shape index (κ3) is 2.27. The molecule has 0 amide bonds. The van der Waals surface area contributed by atoms with Crippen LogP contribution in [0, 0.1) is 0 Å². The summed E-state index contributed by atoms with van der Waals surface area (Å²) < 4.78 is 33.4. The summed E-state index contributed by atoms with van der Waals surface area (Å²) >= 11 is 3.02. The first-order valence-electron chi connectivity index (χ1n) is 2.70. The predicted molar refractivity (Wildman–Crippen MR) is 42.4 cm³/mol. The first kappa shape index (κ1) is 8.67. The van der Waals surface area contributed by atoms with Gasteiger partial charge in [-0.1, -0.05) is 22.0 Å². The number of hydrogen-bond acceptors (Lipinski definition) is 2. The lowest BCUT2D eigenvalue weighted by Crippen LogP contribution is -1.90. The molecule has 0 aliphatic carbocycles. The summed E-state index contributed by atoms with van der Waals surface area (Å²) in [6.07, 6.45) is 0. The molecule has 0 heterocycles. The van der Waals surface area contributed by atoms with Gasteiger partial charge in [-0.2, -0.15) is 8.42 Å². The first-order valence-corrected chi connectivity index (χ1v) is 4.88. The molecule has 0 saturated heterocycles. The number of rotatable bonds is 1. The molecule has 0 bridgehead atoms. The van der Waals surface area contributed by atoms with E-state index in [1.54, 1.807) is 6.07 Å². The Kier molecular flexibility index (Phi) is 2.29. The summed E-state index contributed by atoms with van der Waals surface area (Å²) in [4.78, 5) is -0.327. The lowest BCUT2D eigenvalue weighted by Gasteiger charge is -1.93. The minimum absolute atomic E-state index is 0.327. The van der Waals surface area contributed by atoms with Gasteiger partial charge >= 0.3 is 10.2 Å². The van der Waals surface area contributed by atoms with Crippen molar-refractivity contribution in [2.24, 2.45) is 0 Å². The Morgan fingerprint density at radius 3 is 2.36 bits per heavy atom. The molecule has 11 heavy (non-hydrogen) atoms. The highest BCUT2D eigenvalue weighted by Crippen LogP contribution is 2.17. The van der Waals surface area contributed by atoms with E-state index in [0.29, 0.717) is 4.47 Å². The van der Waals surface area contributed by atoms with Crippen LogP contribution in [0.2, 0.25) is 0 Å². The lowest BCUT2D eigenvalue weighted by molar-refractivity contribution is 0.552. The van der Waals surface area contributed by atoms with E-state index in [2.05, 4.69) is 15.9 Å². The highest BCUT2D eigenvalue weighted by molar-refractivity contribution is 9.10. The van der Waals surface area contributed by atoms with Crippen LogP contribution in [0.3, 0.4) is 0 Å². The minimum atomic E-state index is -4.56. The Bertz CT molecular complexity index is 361. The molecule has 0 aliphatic heterocycles. The van der Waals surface area contributed by atoms with Crippen molar-refractivity contribution in [1.82, 2.24) is 0 Å². The topological polar surface area (TPSA) is 34.1 Å². The van der Waals surface area contributed by atoms with E-state index >= 15 is 0 Å². The Morgan fingerprint density at radius 1 is 1.36 bits per heavy atom. The highest BCUT2D eigenvalue weighted by Gasteiger charge is 2.10. The molecule has 0 unspecified atom stereocenters. The molecule has 0 N–H and O–H groups in total. The molecular formula is C6H4BrFO2S. The maximum atomic E-state index is 12.3. The summed E-state index contributed by atoms with van der Waals surface area (Å²) in [5.74, 6) is 0. The van der Waals surface area contributed by atoms with Crippen molar-refractivity contribution in [1.29, 1.82) is 0 Å². The van der Waals surface area contributed by atoms with E-state index in [4.69, 9.17) is 0 Å². The van der Waals surface area contributed by atoms with Crippen molar-refractivity contribution in [3.63, 3.8) is 0 Å². The van der Waals surface area contributed by atoms with Gasteiger partial charge in [0.15, 0.2) is 0 Å². The SMILES string of the molecule is O=S(=O)(F)c1cccc(Br)c1. The van der Waals surface area contributed by atoms with Gasteiger partial charge in [-0.3, -0.25) is 0 Å². The Morgan fingerprint density at radius 2 is 2.00 bits per heavy atom. The molecule has 5 heteroatoms. The van der Waals surface area contributed by atoms with Gasteiger partial charge in [-0.25, -0.2) is 0 Å². The van der Waals surface area contributed by atoms with Crippen LogP contribution in [-0.4, -0.2) is 8.42 Å². The second kappa shape index (κ2) is 2.91. The average molecular weight is 239 g/mol. The fourth-order valence-corrected chi connectivity index (χ4v) is 1.68. The smallest absolute Gasteiger partial charge is 0.189 e. The minimum Gasteiger partial charge on any atom is -0.189 e. The van der Waals surface area contributed by atoms with Gasteiger partial charge < -0.3 is 0 Å². The van der Waals surface area contributed by atoms with Gasteiger partial charge in [0.25, 0.3) is 0 Å². The normalized spacial score (nSPS) is 11.5. The fourth-order valence-electron chi connectivity index (χ4n) is 0.619. The van der Waals surface area contributed by atoms with E-state index in [1.165, 1.54) is 18.2 Å². The summed E-state index contributed by atoms with van der Waals surface area (Å²) in [6.45, 7) is 0. The maximum Gasteiger partial charge on any atom is 0.332 e. The lowest BCUT2D eigenvalue weighted by atomic mass is 10.4. The van der Waals surface area contributed by atoms with Crippen LogP contribution >= 0.6 is 15.9 Å². The summed E-state index contributed by atoms with van der Waals surface area (Å²) in [5, 5.41) is 0. The van der Waals surface area contributed by atoms with Gasteiger partial charge in [0.2, 0.25) is 0 Å². The summed E-state index contributed by atoms with van der Waals surface area (Å²) in [5.41, 5.74) is 0. The molecule has 0 aromatic heterocycles. The predicted octanol–water partition coefficient (Wildman–Crippen LogP) is 2.11. The van der Waals surface area contributed by atoms with Gasteiger partial charge in [0, 0.05) is 4.47 Å². The third-order valence-electron chi connectivity index (χ3n) is 1.08. The zero-order valence-electron chi connectivity index (χ0n) is 5.29. The van der Waals surface area contributed by atoms with Crippen LogP contribution in [0.25, 0.3) is 0 Å². The van der Waals surface area contributed by atoms with Crippen molar-refractivity contribution < 1.29 is 12.3 Å². The maximum absolute atomic E-state index is 12.3. The van der Waals surface area contributed by atoms with Crippen LogP contribution < -0.4 is 0 Å². The van der Waals surface area contributed by atoms with Crippen molar-refractivity contribution in [3.05, 3.63) is 28.7 Å². The molecule has 1 aromatic carbocycles. The van der Waals surface area contributed by atoms with Crippen LogP contribution in [0.15, 0.2) is 33.6 Å². The second-order valence-corrected chi connectivity index (χ2v) is 4.16. The van der Waals surface area contributed by atoms with Crippen molar-refractivity contribution in [3.8, 4) is 0 Å². The van der Waals surface area contributed by atoms with E-state index in [9.17, 15) is 12.3 Å². The quantitative estimate of drug-likeness (QED) is 0.703. The van der Waals surface area contributed by atoms with E-state index in [1.807, 2.05) is 0 Å². The first-order chi connectivity index (χ1) is 5.00. The molecular weight excluding hydrogens is 235 g/mol. The van der Waals surface area contributed by atoms with Crippen LogP contribution in [-0.2, 0) is 10.2 Å². The second-order valence-electron chi connectivity index (χ2n) is 1.90. The van der Waals surface area contributed by atoms with Gasteiger partial charge in [0.05, 0.1) is 4.90 Å². The molecule has 1 aromatic rings. The van der Waals surface area contributed by atoms with Gasteiger partial charge in [-0.05, 0) is 18.2 Å². The van der Waals surface area contributed by atoms with Crippen LogP contribution in [0.1, 0.15) is 0 Å². The Labute approximate surface area is 72.4 Å². The molecule has 0 atom stereocenters. The zero-order valence-corrected chi connectivity index (χ0v) is 7.69. The van der Waals surface area contributed by atoms with Crippen LogP contribution in [0.4, 0.5) is 3.89 Å². The molecule has 60 valence electrons. The van der Waals surface area contributed by atoms with E-state index in [-0.39, 0.29) is 4.90 Å². The molecule has 0 saturated carbocycles. The molecule has 0 spiro atoms. The van der Waals surface area contributed by atoms with Gasteiger partial charge in [-0.15, -0.1) is 3.89 Å². The van der Waals surface area contributed by atoms with E-state index in [0.717, 1.165) is 0 Å². The third-order valence-corrected chi connectivity index (χ3v) is 2.39. The Hall–Kier alpha value is -0.420. The standard InChI is InChI=1S/C6H4BrFO2S/c7-5-2-1-3-6(4-5)11(8,9)10/h1-4H. The van der Waals surface area contributed by atoms with Gasteiger partial charge in [0.1, 0.15) is 0 Å². The van der Waals surface area contributed by atoms with E-state index < -0.39 is 10.2 Å². The number of benzene rings is 1. The average Bonchev–Trinajstić information content (AvgIpc) is 1.86. The highest BCUT2D eigenvalue weighted by atomic mass is 79.9. The molecule has 0 fully saturated rings. The largest absolute Gasteiger partial charge is 0.332 e. The Balaban J connectivity index is 3.28. The zero-order chi connectivity index (χ0) is 8.48. The monoisotopic (exact) mass is 238 g/mol. The summed E-state index contributed by atoms with van der Waals surface area (Å²) in [6, 6.07) is 5.47. The molecule has 1 rings (SSSR count). The molecule has 2 nitrogen and oxygen atoms in total. The molecule has 0 radical (unpaired) electrons. The van der Waals surface area contributed by atoms with Crippen molar-refractivity contribution in [2.45, 2.75) is 4.90 Å². The summed E-state index contributed by atoms with van der Waals surface area (Å²) in [7, 11) is -4.56. The van der Waals surface area contributed by atoms with Crippen LogP contribution in [0.5, 0.6) is 0 Å². The van der Waals surface area contributed by atoms with Crippen molar-refractivity contribution in [2.75, 3.05) is 0 Å². The molecule has 0 aliphatic rings. The van der Waals surface area contributed by atoms with Crippen molar-refractivity contribution >= 4 is 26.2 Å². The number of halogens is 2. The number of hydrogen-bond donors (Lipinski definition) is 0. The fraction of sp³-hybridized carbons (Fsp3) is 0.